The number of hydrogen-bond acceptors (Lipinski definition) is 3. The fraction of sp³-hybridized carbons (Fsp3) is 0.312. The number of rotatable bonds is 4. The quantitative estimate of drug-likeness (QED) is 0.912. The Morgan fingerprint density at radius 2 is 2.05 bits per heavy atom. The maximum absolute atomic E-state index is 5.93. The molecule has 0 saturated carbocycles. The van der Waals surface area contributed by atoms with Gasteiger partial charge in [0.2, 0.25) is 5.88 Å². The van der Waals surface area contributed by atoms with Gasteiger partial charge in [0, 0.05) is 17.8 Å². The maximum atomic E-state index is 5.93. The van der Waals surface area contributed by atoms with Crippen LogP contribution in [0.1, 0.15) is 23.6 Å². The first-order valence-corrected chi connectivity index (χ1v) is 6.51. The van der Waals surface area contributed by atoms with Gasteiger partial charge < -0.3 is 10.5 Å². The van der Waals surface area contributed by atoms with Crippen molar-refractivity contribution in [1.82, 2.24) is 4.98 Å². The number of benzene rings is 1. The Bertz CT molecular complexity index is 564. The van der Waals surface area contributed by atoms with Crippen LogP contribution in [0.5, 0.6) is 11.6 Å². The van der Waals surface area contributed by atoms with Crippen molar-refractivity contribution in [3.05, 3.63) is 53.2 Å². The molecule has 1 aromatic carbocycles. The molecule has 0 amide bonds. The van der Waals surface area contributed by atoms with E-state index in [2.05, 4.69) is 18.0 Å². The third-order valence-electron chi connectivity index (χ3n) is 2.93. The first-order valence-electron chi connectivity index (χ1n) is 6.51. The van der Waals surface area contributed by atoms with Gasteiger partial charge in [-0.15, -0.1) is 0 Å². The van der Waals surface area contributed by atoms with Crippen molar-refractivity contribution in [2.75, 3.05) is 0 Å². The molecule has 19 heavy (non-hydrogen) atoms. The fourth-order valence-electron chi connectivity index (χ4n) is 2.04. The largest absolute Gasteiger partial charge is 0.438 e. The van der Waals surface area contributed by atoms with Crippen LogP contribution in [-0.2, 0) is 6.42 Å². The van der Waals surface area contributed by atoms with Crippen molar-refractivity contribution in [1.29, 1.82) is 0 Å². The smallest absolute Gasteiger partial charge is 0.222 e. The van der Waals surface area contributed by atoms with E-state index < -0.39 is 0 Å². The molecular formula is C16H20N2O. The monoisotopic (exact) mass is 256 g/mol. The zero-order chi connectivity index (χ0) is 13.8. The van der Waals surface area contributed by atoms with Crippen molar-refractivity contribution < 1.29 is 4.74 Å². The van der Waals surface area contributed by atoms with Gasteiger partial charge in [-0.3, -0.25) is 0 Å². The first kappa shape index (κ1) is 13.6. The van der Waals surface area contributed by atoms with Gasteiger partial charge in [0.15, 0.2) is 0 Å². The average molecular weight is 256 g/mol. The third-order valence-corrected chi connectivity index (χ3v) is 2.93. The summed E-state index contributed by atoms with van der Waals surface area (Å²) in [7, 11) is 0. The van der Waals surface area contributed by atoms with Crippen LogP contribution in [0.2, 0.25) is 0 Å². The summed E-state index contributed by atoms with van der Waals surface area (Å²) < 4.78 is 5.93. The van der Waals surface area contributed by atoms with Gasteiger partial charge in [-0.2, -0.15) is 0 Å². The highest BCUT2D eigenvalue weighted by Crippen LogP contribution is 2.27. The van der Waals surface area contributed by atoms with Crippen molar-refractivity contribution in [2.24, 2.45) is 5.73 Å². The molecule has 0 radical (unpaired) electrons. The molecule has 0 aliphatic rings. The summed E-state index contributed by atoms with van der Waals surface area (Å²) in [4.78, 5) is 4.31. The lowest BCUT2D eigenvalue weighted by molar-refractivity contribution is 0.450. The molecule has 0 aliphatic heterocycles. The van der Waals surface area contributed by atoms with Crippen LogP contribution < -0.4 is 10.5 Å². The molecule has 0 spiro atoms. The van der Waals surface area contributed by atoms with E-state index in [1.807, 2.05) is 38.1 Å². The Labute approximate surface area is 114 Å². The molecule has 3 nitrogen and oxygen atoms in total. The van der Waals surface area contributed by atoms with Crippen LogP contribution in [0.25, 0.3) is 0 Å². The highest BCUT2D eigenvalue weighted by atomic mass is 16.5. The molecule has 0 aliphatic carbocycles. The molecule has 1 atom stereocenters. The maximum Gasteiger partial charge on any atom is 0.222 e. The Balaban J connectivity index is 2.27. The summed E-state index contributed by atoms with van der Waals surface area (Å²) in [6.45, 7) is 6.09. The second-order valence-corrected chi connectivity index (χ2v) is 5.02. The number of aromatic nitrogens is 1. The molecule has 1 unspecified atom stereocenters. The molecule has 0 saturated heterocycles. The topological polar surface area (TPSA) is 48.1 Å². The van der Waals surface area contributed by atoms with Crippen LogP contribution in [-0.4, -0.2) is 11.0 Å². The van der Waals surface area contributed by atoms with Gasteiger partial charge in [0.1, 0.15) is 5.75 Å². The molecule has 2 N–H and O–H groups in total. The Hall–Kier alpha value is -1.87. The predicted octanol–water partition coefficient (Wildman–Crippen LogP) is 3.38. The predicted molar refractivity (Wildman–Crippen MR) is 77.6 cm³/mol. The summed E-state index contributed by atoms with van der Waals surface area (Å²) in [6, 6.07) is 10.1. The van der Waals surface area contributed by atoms with Gasteiger partial charge in [0.05, 0.1) is 0 Å². The molecular weight excluding hydrogens is 236 g/mol. The van der Waals surface area contributed by atoms with E-state index in [0.717, 1.165) is 23.3 Å². The zero-order valence-electron chi connectivity index (χ0n) is 11.7. The highest BCUT2D eigenvalue weighted by molar-refractivity contribution is 5.39. The molecule has 2 rings (SSSR count). The van der Waals surface area contributed by atoms with E-state index in [9.17, 15) is 0 Å². The molecule has 0 bridgehead atoms. The molecule has 3 heteroatoms. The van der Waals surface area contributed by atoms with Crippen molar-refractivity contribution >= 4 is 0 Å². The van der Waals surface area contributed by atoms with Crippen molar-refractivity contribution in [3.63, 3.8) is 0 Å². The number of nitrogens with two attached hydrogens (primary N) is 1. The van der Waals surface area contributed by atoms with Gasteiger partial charge in [-0.05, 0) is 44.9 Å². The standard InChI is InChI=1S/C16H20N2O/c1-11-6-7-15(12(2)9-11)19-16-14(10-13(3)17)5-4-8-18-16/h4-9,13H,10,17H2,1-3H3. The minimum Gasteiger partial charge on any atom is -0.438 e. The first-order chi connectivity index (χ1) is 9.06. The van der Waals surface area contributed by atoms with Gasteiger partial charge in [-0.1, -0.05) is 23.8 Å². The van der Waals surface area contributed by atoms with Crippen LogP contribution in [0.3, 0.4) is 0 Å². The average Bonchev–Trinajstić information content (AvgIpc) is 2.34. The van der Waals surface area contributed by atoms with E-state index in [1.165, 1.54) is 5.56 Å². The third kappa shape index (κ3) is 3.55. The molecule has 2 aromatic rings. The van der Waals surface area contributed by atoms with Gasteiger partial charge in [0.25, 0.3) is 0 Å². The summed E-state index contributed by atoms with van der Waals surface area (Å²) in [5.74, 6) is 1.49. The Morgan fingerprint density at radius 1 is 1.26 bits per heavy atom. The summed E-state index contributed by atoms with van der Waals surface area (Å²) in [5, 5.41) is 0. The number of hydrogen-bond donors (Lipinski definition) is 1. The van der Waals surface area contributed by atoms with Crippen LogP contribution in [0.4, 0.5) is 0 Å². The van der Waals surface area contributed by atoms with E-state index in [1.54, 1.807) is 6.20 Å². The SMILES string of the molecule is Cc1ccc(Oc2ncccc2CC(C)N)c(C)c1. The van der Waals surface area contributed by atoms with Crippen LogP contribution >= 0.6 is 0 Å². The minimum atomic E-state index is 0.0886. The normalized spacial score (nSPS) is 12.2. The number of pyridine rings is 1. The minimum absolute atomic E-state index is 0.0886. The molecule has 0 fully saturated rings. The van der Waals surface area contributed by atoms with E-state index in [-0.39, 0.29) is 6.04 Å². The fourth-order valence-corrected chi connectivity index (χ4v) is 2.04. The second-order valence-electron chi connectivity index (χ2n) is 5.02. The number of aryl methyl sites for hydroxylation is 2. The Morgan fingerprint density at radius 3 is 2.74 bits per heavy atom. The number of nitrogens with zero attached hydrogens (tertiary/aromatic N) is 1. The summed E-state index contributed by atoms with van der Waals surface area (Å²) in [6.07, 6.45) is 2.50. The van der Waals surface area contributed by atoms with Crippen molar-refractivity contribution in [2.45, 2.75) is 33.2 Å². The molecule has 100 valence electrons. The number of ether oxygens (including phenoxy) is 1. The summed E-state index contributed by atoms with van der Waals surface area (Å²) >= 11 is 0. The van der Waals surface area contributed by atoms with Crippen LogP contribution in [0.15, 0.2) is 36.5 Å². The lowest BCUT2D eigenvalue weighted by atomic mass is 10.1. The Kier molecular flexibility index (Phi) is 4.17. The second kappa shape index (κ2) is 5.85. The van der Waals surface area contributed by atoms with Crippen molar-refractivity contribution in [3.8, 4) is 11.6 Å². The van der Waals surface area contributed by atoms with Crippen LogP contribution in [0, 0.1) is 13.8 Å². The van der Waals surface area contributed by atoms with E-state index in [4.69, 9.17) is 10.5 Å². The molecule has 1 aromatic heterocycles. The molecule has 1 heterocycles. The van der Waals surface area contributed by atoms with Gasteiger partial charge >= 0.3 is 0 Å². The van der Waals surface area contributed by atoms with E-state index >= 15 is 0 Å². The lowest BCUT2D eigenvalue weighted by Crippen LogP contribution is -2.18. The van der Waals surface area contributed by atoms with Gasteiger partial charge in [-0.25, -0.2) is 4.98 Å². The zero-order valence-corrected chi connectivity index (χ0v) is 11.7. The lowest BCUT2D eigenvalue weighted by Gasteiger charge is -2.13. The summed E-state index contributed by atoms with van der Waals surface area (Å²) in [5.41, 5.74) is 9.22. The van der Waals surface area contributed by atoms with E-state index in [0.29, 0.717) is 5.88 Å². The highest BCUT2D eigenvalue weighted by Gasteiger charge is 2.09.